The molecule has 1 saturated carbocycles. The molecule has 15 nitrogen and oxygen atoms in total. The highest BCUT2D eigenvalue weighted by molar-refractivity contribution is 8.14. The van der Waals surface area contributed by atoms with Gasteiger partial charge in [0.15, 0.2) is 11.7 Å². The van der Waals surface area contributed by atoms with Crippen LogP contribution >= 0.6 is 11.8 Å². The summed E-state index contributed by atoms with van der Waals surface area (Å²) in [5, 5.41) is 29.5. The molecule has 0 spiro atoms. The maximum absolute atomic E-state index is 13.3. The van der Waals surface area contributed by atoms with Crippen molar-refractivity contribution in [2.24, 2.45) is 23.0 Å². The van der Waals surface area contributed by atoms with Crippen LogP contribution in [0, 0.1) is 27.4 Å². The summed E-state index contributed by atoms with van der Waals surface area (Å²) < 4.78 is 30.4. The maximum atomic E-state index is 13.3. The van der Waals surface area contributed by atoms with Crippen molar-refractivity contribution in [3.63, 3.8) is 0 Å². The molecule has 0 radical (unpaired) electrons. The summed E-state index contributed by atoms with van der Waals surface area (Å²) in [6.45, 7) is 19.1. The maximum Gasteiger partial charge on any atom is 0.366 e. The van der Waals surface area contributed by atoms with E-state index in [-0.39, 0.29) is 58.7 Å². The third-order valence-electron chi connectivity index (χ3n) is 11.9. The summed E-state index contributed by atoms with van der Waals surface area (Å²) in [4.78, 5) is 50.1. The van der Waals surface area contributed by atoms with E-state index in [4.69, 9.17) is 29.4 Å². The number of hydrogen-bond donors (Lipinski definition) is 4. The number of nitro groups is 1. The highest BCUT2D eigenvalue weighted by Crippen LogP contribution is 2.49. The Morgan fingerprint density at radius 1 is 1.02 bits per heavy atom. The lowest BCUT2D eigenvalue weighted by atomic mass is 9.79. The minimum absolute atomic E-state index is 0.000127. The van der Waals surface area contributed by atoms with Crippen molar-refractivity contribution < 1.29 is 48.1 Å². The van der Waals surface area contributed by atoms with E-state index in [1.54, 1.807) is 25.1 Å². The van der Waals surface area contributed by atoms with Gasteiger partial charge in [-0.2, -0.15) is 0 Å². The first kappa shape index (κ1) is 52.0. The summed E-state index contributed by atoms with van der Waals surface area (Å²) in [6.07, 6.45) is 3.66. The molecule has 4 rings (SSSR count). The lowest BCUT2D eigenvalue weighted by molar-refractivity contribution is -0.389. The molecule has 2 aromatic rings. The average Bonchev–Trinajstić information content (AvgIpc) is 3.20. The minimum atomic E-state index is -2.12. The number of ether oxygens (including phenoxy) is 5. The first-order valence-corrected chi connectivity index (χ1v) is 23.1. The second-order valence-corrected chi connectivity index (χ2v) is 20.7. The van der Waals surface area contributed by atoms with Crippen LogP contribution in [0.3, 0.4) is 0 Å². The molecule has 1 aliphatic heterocycles. The van der Waals surface area contributed by atoms with Crippen LogP contribution in [0.25, 0.3) is 0 Å². The van der Waals surface area contributed by atoms with E-state index < -0.39 is 39.8 Å². The molecule has 5 N–H and O–H groups in total. The van der Waals surface area contributed by atoms with E-state index in [0.29, 0.717) is 56.9 Å². The Labute approximate surface area is 377 Å². The second-order valence-electron chi connectivity index (χ2n) is 19.3. The molecule has 5 unspecified atom stereocenters. The molecule has 352 valence electrons. The van der Waals surface area contributed by atoms with Crippen LogP contribution < -0.4 is 21.1 Å². The molecule has 63 heavy (non-hydrogen) atoms. The van der Waals surface area contributed by atoms with Crippen molar-refractivity contribution in [3.8, 4) is 5.75 Å². The quantitative estimate of drug-likeness (QED) is 0.0599. The number of thioether (sulfide) groups is 1. The number of amides is 1. The smallest absolute Gasteiger partial charge is 0.366 e. The molecule has 6 atom stereocenters. The van der Waals surface area contributed by atoms with Crippen molar-refractivity contribution in [1.29, 1.82) is 0 Å². The molecule has 0 aromatic heterocycles. The Morgan fingerprint density at radius 2 is 1.68 bits per heavy atom. The summed E-state index contributed by atoms with van der Waals surface area (Å²) >= 11 is 1.31. The van der Waals surface area contributed by atoms with Crippen molar-refractivity contribution in [2.75, 3.05) is 39.5 Å². The van der Waals surface area contributed by atoms with Crippen LogP contribution in [0.4, 0.5) is 5.69 Å². The van der Waals surface area contributed by atoms with Gasteiger partial charge in [-0.15, -0.1) is 0 Å². The zero-order valence-corrected chi connectivity index (χ0v) is 39.6. The van der Waals surface area contributed by atoms with Gasteiger partial charge >= 0.3 is 5.97 Å². The molecule has 2 fully saturated rings. The number of nitrogens with one attached hydrogen (secondary N) is 2. The second kappa shape index (κ2) is 23.0. The zero-order chi connectivity index (χ0) is 46.6. The summed E-state index contributed by atoms with van der Waals surface area (Å²) in [5.74, 6) is -2.86. The van der Waals surface area contributed by atoms with Crippen molar-refractivity contribution in [1.82, 2.24) is 10.6 Å². The molecular weight excluding hydrogens is 829 g/mol. The first-order valence-electron chi connectivity index (χ1n) is 22.2. The fraction of sp³-hybridized carbons (Fsp3) is 0.681. The Morgan fingerprint density at radius 3 is 2.32 bits per heavy atom. The van der Waals surface area contributed by atoms with Crippen LogP contribution in [0.1, 0.15) is 118 Å². The predicted molar refractivity (Wildman–Crippen MR) is 244 cm³/mol. The van der Waals surface area contributed by atoms with Gasteiger partial charge in [0.05, 0.1) is 47.6 Å². The Hall–Kier alpha value is -3.64. The fourth-order valence-corrected chi connectivity index (χ4v) is 9.52. The third kappa shape index (κ3) is 15.5. The lowest BCUT2D eigenvalue weighted by Gasteiger charge is -2.50. The molecule has 1 saturated heterocycles. The van der Waals surface area contributed by atoms with E-state index in [9.17, 15) is 29.6 Å². The zero-order valence-electron chi connectivity index (χ0n) is 38.7. The van der Waals surface area contributed by atoms with E-state index in [1.807, 2.05) is 79.7 Å². The Bertz CT molecular complexity index is 1820. The molecule has 1 aliphatic carbocycles. The molecule has 2 aromatic carbocycles. The largest absolute Gasteiger partial charge is 0.484 e. The van der Waals surface area contributed by atoms with Gasteiger partial charge in [-0.1, -0.05) is 63.7 Å². The number of benzene rings is 2. The number of nitro benzene ring substituents is 1. The molecule has 0 bridgehead atoms. The van der Waals surface area contributed by atoms with Crippen LogP contribution in [0.5, 0.6) is 5.75 Å². The molecule has 16 heteroatoms. The van der Waals surface area contributed by atoms with E-state index in [1.165, 1.54) is 17.8 Å². The van der Waals surface area contributed by atoms with Crippen molar-refractivity contribution in [2.45, 2.75) is 148 Å². The van der Waals surface area contributed by atoms with Gasteiger partial charge in [0.1, 0.15) is 11.9 Å². The SMILES string of the molecule is CC(=O)SC1CC(N[C@@H](CC(C)C)C2(C(=O)O)OCC(C)(C)C(c3ccccc3[N+](=O)[O-])O2)CCC1Cc1ccc(OCC(=O)NCCC(C)(C)OCCC(C)(C)OCCN)cc1. The number of carboxylic acids is 1. The number of rotatable bonds is 24. The minimum Gasteiger partial charge on any atom is -0.484 e. The summed E-state index contributed by atoms with van der Waals surface area (Å²) in [6, 6.07) is 13.0. The van der Waals surface area contributed by atoms with Gasteiger partial charge in [0, 0.05) is 42.8 Å². The summed E-state index contributed by atoms with van der Waals surface area (Å²) in [5.41, 5.74) is 5.26. The van der Waals surface area contributed by atoms with Gasteiger partial charge in [-0.05, 0) is 108 Å². The van der Waals surface area contributed by atoms with E-state index >= 15 is 0 Å². The van der Waals surface area contributed by atoms with Crippen LogP contribution in [0.15, 0.2) is 48.5 Å². The van der Waals surface area contributed by atoms with E-state index in [2.05, 4.69) is 10.6 Å². The predicted octanol–water partition coefficient (Wildman–Crippen LogP) is 7.38. The highest BCUT2D eigenvalue weighted by atomic mass is 32.2. The summed E-state index contributed by atoms with van der Waals surface area (Å²) in [7, 11) is 0. The van der Waals surface area contributed by atoms with Crippen molar-refractivity contribution in [3.05, 3.63) is 69.8 Å². The Balaban J connectivity index is 1.35. The number of aliphatic carboxylic acids is 1. The number of nitrogens with zero attached hydrogens (tertiary/aromatic N) is 1. The molecule has 2 aliphatic rings. The molecule has 1 amide bonds. The lowest BCUT2D eigenvalue weighted by Crippen LogP contribution is -2.66. The standard InChI is InChI=1S/C47H72N4O11S/c1-31(2)26-40(47(43(54)55)61-30-44(4,5)42(62-47)37-12-10-11-13-38(37)51(56)57)50-35-17-16-34(39(28-35)63-32(3)52)27-33-14-18-36(19-15-33)58-29-41(53)49-23-20-45(6,7)59-24-21-46(8,9)60-25-22-48/h10-15,18-19,31,34-35,39-40,42,50H,16-17,20-30,48H2,1-9H3,(H,49,53)(H,54,55)/t34?,35?,39?,40-,42?,47?/m0/s1. The number of para-hydroxylation sites is 1. The fourth-order valence-electron chi connectivity index (χ4n) is 8.34. The number of carbonyl (C=O) groups excluding carboxylic acids is 2. The van der Waals surface area contributed by atoms with E-state index in [0.717, 1.165) is 31.2 Å². The van der Waals surface area contributed by atoms with Gasteiger partial charge in [0.25, 0.3) is 17.4 Å². The van der Waals surface area contributed by atoms with Crippen LogP contribution in [0.2, 0.25) is 0 Å². The average molecular weight is 901 g/mol. The molecular formula is C47H72N4O11S. The normalized spacial score (nSPS) is 23.2. The Kier molecular flexibility index (Phi) is 19.0. The monoisotopic (exact) mass is 900 g/mol. The third-order valence-corrected chi connectivity index (χ3v) is 13.1. The van der Waals surface area contributed by atoms with Gasteiger partial charge in [0.2, 0.25) is 0 Å². The highest BCUT2D eigenvalue weighted by Gasteiger charge is 2.58. The number of carboxylic acid groups (broad SMARTS) is 1. The van der Waals surface area contributed by atoms with Crippen LogP contribution in [-0.2, 0) is 39.8 Å². The number of nitrogens with two attached hydrogens (primary N) is 1. The van der Waals surface area contributed by atoms with Gasteiger partial charge in [-0.3, -0.25) is 19.7 Å². The molecule has 1 heterocycles. The van der Waals surface area contributed by atoms with Gasteiger partial charge < -0.3 is 45.2 Å². The number of carbonyl (C=O) groups is 3. The number of hydrogen-bond acceptors (Lipinski definition) is 13. The first-order chi connectivity index (χ1) is 29.6. The van der Waals surface area contributed by atoms with Crippen LogP contribution in [-0.4, -0.2) is 101 Å². The van der Waals surface area contributed by atoms with Crippen molar-refractivity contribution >= 4 is 34.4 Å². The topological polar surface area (TPSA) is 211 Å². The van der Waals surface area contributed by atoms with Gasteiger partial charge in [-0.25, -0.2) is 4.79 Å².